The fraction of sp³-hybridized carbons (Fsp3) is 0.929. The Bertz CT molecular complexity index is 277. The van der Waals surface area contributed by atoms with E-state index in [1.54, 1.807) is 0 Å². The molecule has 2 rings (SSSR count). The average Bonchev–Trinajstić information content (AvgIpc) is 2.87. The minimum absolute atomic E-state index is 0.0852. The van der Waals surface area contributed by atoms with Gasteiger partial charge >= 0.3 is 0 Å². The molecular formula is C14H26N2O2. The minimum Gasteiger partial charge on any atom is -0.364 e. The van der Waals surface area contributed by atoms with Gasteiger partial charge in [0.2, 0.25) is 0 Å². The molecule has 4 nitrogen and oxygen atoms in total. The molecular weight excluding hydrogens is 228 g/mol. The number of nitrogens with two attached hydrogens (primary N) is 1. The van der Waals surface area contributed by atoms with Crippen LogP contribution in [-0.4, -0.2) is 43.2 Å². The lowest BCUT2D eigenvalue weighted by Crippen LogP contribution is -2.40. The van der Waals surface area contributed by atoms with Gasteiger partial charge in [-0.1, -0.05) is 19.3 Å². The van der Waals surface area contributed by atoms with Crippen molar-refractivity contribution >= 4 is 5.91 Å². The molecule has 1 amide bonds. The third-order valence-corrected chi connectivity index (χ3v) is 4.28. The monoisotopic (exact) mass is 254 g/mol. The molecule has 104 valence electrons. The van der Waals surface area contributed by atoms with E-state index in [2.05, 4.69) is 0 Å². The maximum Gasteiger partial charge on any atom is 0.251 e. The first kappa shape index (κ1) is 13.8. The van der Waals surface area contributed by atoms with E-state index >= 15 is 0 Å². The summed E-state index contributed by atoms with van der Waals surface area (Å²) in [6.45, 7) is 1.42. The molecule has 2 N–H and O–H groups in total. The van der Waals surface area contributed by atoms with Crippen molar-refractivity contribution in [1.29, 1.82) is 0 Å². The summed E-state index contributed by atoms with van der Waals surface area (Å²) >= 11 is 0. The van der Waals surface area contributed by atoms with Gasteiger partial charge in [0.25, 0.3) is 5.91 Å². The Morgan fingerprint density at radius 1 is 1.22 bits per heavy atom. The molecule has 1 aliphatic heterocycles. The number of hydrogen-bond acceptors (Lipinski definition) is 3. The summed E-state index contributed by atoms with van der Waals surface area (Å²) in [5, 5.41) is 0. The summed E-state index contributed by atoms with van der Waals surface area (Å²) in [5.41, 5.74) is 5.57. The third kappa shape index (κ3) is 3.45. The number of carbonyl (C=O) groups excluding carboxylic acids is 1. The molecule has 2 atom stereocenters. The summed E-state index contributed by atoms with van der Waals surface area (Å²) in [5.74, 6) is 0.843. The molecule has 18 heavy (non-hydrogen) atoms. The van der Waals surface area contributed by atoms with Crippen LogP contribution in [0, 0.1) is 5.92 Å². The molecule has 4 heteroatoms. The van der Waals surface area contributed by atoms with Gasteiger partial charge in [-0.15, -0.1) is 0 Å². The fourth-order valence-electron chi connectivity index (χ4n) is 3.15. The number of likely N-dealkylation sites (N-methyl/N-ethyl adjacent to an activating group) is 1. The molecule has 0 radical (unpaired) electrons. The second kappa shape index (κ2) is 6.53. The van der Waals surface area contributed by atoms with Crippen molar-refractivity contribution in [2.45, 2.75) is 57.2 Å². The van der Waals surface area contributed by atoms with E-state index in [0.717, 1.165) is 19.4 Å². The van der Waals surface area contributed by atoms with Gasteiger partial charge < -0.3 is 15.4 Å². The zero-order chi connectivity index (χ0) is 13.0. The van der Waals surface area contributed by atoms with Crippen molar-refractivity contribution in [1.82, 2.24) is 4.90 Å². The summed E-state index contributed by atoms with van der Waals surface area (Å²) in [7, 11) is 1.91. The van der Waals surface area contributed by atoms with Gasteiger partial charge in [-0.25, -0.2) is 0 Å². The Kier molecular flexibility index (Phi) is 5.01. The van der Waals surface area contributed by atoms with E-state index in [-0.39, 0.29) is 18.1 Å². The van der Waals surface area contributed by atoms with Gasteiger partial charge in [0, 0.05) is 20.1 Å². The molecule has 0 unspecified atom stereocenters. The van der Waals surface area contributed by atoms with Crippen LogP contribution in [0.3, 0.4) is 0 Å². The number of ether oxygens (including phenoxy) is 1. The van der Waals surface area contributed by atoms with Gasteiger partial charge in [0.15, 0.2) is 0 Å². The molecule has 0 bridgehead atoms. The van der Waals surface area contributed by atoms with Crippen LogP contribution in [-0.2, 0) is 9.53 Å². The largest absolute Gasteiger partial charge is 0.364 e. The standard InChI is InChI=1S/C14H26N2O2/c1-16(10-11-5-3-2-4-6-11)14(17)13-8-7-12(9-15)18-13/h11-13H,2-10,15H2,1H3/t12-,13+/m1/s1. The zero-order valence-corrected chi connectivity index (χ0v) is 11.4. The summed E-state index contributed by atoms with van der Waals surface area (Å²) < 4.78 is 5.67. The van der Waals surface area contributed by atoms with E-state index in [9.17, 15) is 4.79 Å². The first-order valence-corrected chi connectivity index (χ1v) is 7.31. The predicted octanol–water partition coefficient (Wildman–Crippen LogP) is 1.53. The Balaban J connectivity index is 1.77. The minimum atomic E-state index is -0.243. The SMILES string of the molecule is CN(CC1CCCCC1)C(=O)[C@@H]1CC[C@H](CN)O1. The van der Waals surface area contributed by atoms with Crippen molar-refractivity contribution in [3.8, 4) is 0 Å². The normalized spacial score (nSPS) is 29.4. The van der Waals surface area contributed by atoms with Crippen LogP contribution in [0.1, 0.15) is 44.9 Å². The lowest BCUT2D eigenvalue weighted by molar-refractivity contribution is -0.142. The van der Waals surface area contributed by atoms with E-state index in [1.807, 2.05) is 11.9 Å². The molecule has 0 aromatic rings. The highest BCUT2D eigenvalue weighted by Crippen LogP contribution is 2.25. The summed E-state index contributed by atoms with van der Waals surface area (Å²) in [4.78, 5) is 14.1. The molecule has 0 aromatic heterocycles. The number of amides is 1. The van der Waals surface area contributed by atoms with Gasteiger partial charge in [0.1, 0.15) is 6.10 Å². The molecule has 2 aliphatic rings. The number of hydrogen-bond donors (Lipinski definition) is 1. The molecule has 0 aromatic carbocycles. The highest BCUT2D eigenvalue weighted by molar-refractivity contribution is 5.81. The smallest absolute Gasteiger partial charge is 0.251 e. The second-order valence-corrected chi connectivity index (χ2v) is 5.78. The van der Waals surface area contributed by atoms with Crippen molar-refractivity contribution in [2.75, 3.05) is 20.1 Å². The van der Waals surface area contributed by atoms with Crippen LogP contribution in [0.25, 0.3) is 0 Å². The summed E-state index contributed by atoms with van der Waals surface area (Å²) in [6.07, 6.45) is 8.14. The highest BCUT2D eigenvalue weighted by Gasteiger charge is 2.32. The Hall–Kier alpha value is -0.610. The molecule has 1 saturated carbocycles. The molecule has 0 spiro atoms. The quantitative estimate of drug-likeness (QED) is 0.828. The van der Waals surface area contributed by atoms with Crippen molar-refractivity contribution in [3.05, 3.63) is 0 Å². The van der Waals surface area contributed by atoms with Crippen LogP contribution in [0.4, 0.5) is 0 Å². The van der Waals surface area contributed by atoms with E-state index in [4.69, 9.17) is 10.5 Å². The highest BCUT2D eigenvalue weighted by atomic mass is 16.5. The van der Waals surface area contributed by atoms with Crippen molar-refractivity contribution in [3.63, 3.8) is 0 Å². The third-order valence-electron chi connectivity index (χ3n) is 4.28. The number of rotatable bonds is 4. The van der Waals surface area contributed by atoms with Crippen LogP contribution in [0.2, 0.25) is 0 Å². The number of nitrogens with zero attached hydrogens (tertiary/aromatic N) is 1. The van der Waals surface area contributed by atoms with Gasteiger partial charge in [-0.3, -0.25) is 4.79 Å². The van der Waals surface area contributed by atoms with Gasteiger partial charge in [-0.05, 0) is 31.6 Å². The first-order valence-electron chi connectivity index (χ1n) is 7.31. The Morgan fingerprint density at radius 3 is 2.56 bits per heavy atom. The Morgan fingerprint density at radius 2 is 1.94 bits per heavy atom. The second-order valence-electron chi connectivity index (χ2n) is 5.78. The van der Waals surface area contributed by atoms with Crippen molar-refractivity contribution in [2.24, 2.45) is 11.7 Å². The van der Waals surface area contributed by atoms with Crippen LogP contribution in [0.15, 0.2) is 0 Å². The van der Waals surface area contributed by atoms with Crippen molar-refractivity contribution < 1.29 is 9.53 Å². The van der Waals surface area contributed by atoms with Crippen LogP contribution in [0.5, 0.6) is 0 Å². The molecule has 1 heterocycles. The first-order chi connectivity index (χ1) is 8.70. The van der Waals surface area contributed by atoms with Crippen LogP contribution < -0.4 is 5.73 Å². The van der Waals surface area contributed by atoms with Crippen LogP contribution >= 0.6 is 0 Å². The van der Waals surface area contributed by atoms with E-state index < -0.39 is 0 Å². The molecule has 1 aliphatic carbocycles. The van der Waals surface area contributed by atoms with Gasteiger partial charge in [-0.2, -0.15) is 0 Å². The number of carbonyl (C=O) groups is 1. The lowest BCUT2D eigenvalue weighted by Gasteiger charge is -2.28. The lowest BCUT2D eigenvalue weighted by atomic mass is 9.89. The maximum atomic E-state index is 12.2. The zero-order valence-electron chi connectivity index (χ0n) is 11.4. The summed E-state index contributed by atoms with van der Waals surface area (Å²) in [6, 6.07) is 0. The van der Waals surface area contributed by atoms with E-state index in [0.29, 0.717) is 12.5 Å². The Labute approximate surface area is 110 Å². The molecule has 2 fully saturated rings. The topological polar surface area (TPSA) is 55.6 Å². The fourth-order valence-corrected chi connectivity index (χ4v) is 3.15. The molecule has 1 saturated heterocycles. The average molecular weight is 254 g/mol. The van der Waals surface area contributed by atoms with E-state index in [1.165, 1.54) is 32.1 Å². The van der Waals surface area contributed by atoms with Gasteiger partial charge in [0.05, 0.1) is 6.10 Å². The maximum absolute atomic E-state index is 12.2. The predicted molar refractivity (Wildman–Crippen MR) is 71.2 cm³/mol.